The van der Waals surface area contributed by atoms with Crippen molar-refractivity contribution in [1.29, 1.82) is 0 Å². The summed E-state index contributed by atoms with van der Waals surface area (Å²) >= 11 is 0. The van der Waals surface area contributed by atoms with Gasteiger partial charge in [0.2, 0.25) is 0 Å². The second-order valence-electron chi connectivity index (χ2n) is 5.88. The van der Waals surface area contributed by atoms with E-state index < -0.39 is 0 Å². The first-order valence-electron chi connectivity index (χ1n) is 8.40. The average molecular weight is 311 g/mol. The fraction of sp³-hybridized carbons (Fsp3) is 0.444. The van der Waals surface area contributed by atoms with Gasteiger partial charge in [0, 0.05) is 44.5 Å². The Labute approximate surface area is 138 Å². The van der Waals surface area contributed by atoms with Crippen LogP contribution in [0.4, 0.5) is 0 Å². The van der Waals surface area contributed by atoms with E-state index in [1.54, 1.807) is 6.20 Å². The van der Waals surface area contributed by atoms with Crippen LogP contribution < -0.4 is 5.32 Å². The van der Waals surface area contributed by atoms with E-state index in [9.17, 15) is 0 Å². The smallest absolute Gasteiger partial charge is 0.193 e. The van der Waals surface area contributed by atoms with Gasteiger partial charge in [-0.15, -0.1) is 0 Å². The largest absolute Gasteiger partial charge is 0.357 e. The molecule has 1 saturated heterocycles. The van der Waals surface area contributed by atoms with Crippen molar-refractivity contribution < 1.29 is 0 Å². The number of benzene rings is 1. The second-order valence-corrected chi connectivity index (χ2v) is 5.88. The van der Waals surface area contributed by atoms with Crippen molar-refractivity contribution in [1.82, 2.24) is 19.8 Å². The van der Waals surface area contributed by atoms with E-state index in [0.29, 0.717) is 5.92 Å². The highest BCUT2D eigenvalue weighted by atomic mass is 15.3. The van der Waals surface area contributed by atoms with Crippen molar-refractivity contribution in [2.24, 2.45) is 4.99 Å². The van der Waals surface area contributed by atoms with Gasteiger partial charge in [-0.3, -0.25) is 4.99 Å². The van der Waals surface area contributed by atoms with Crippen molar-refractivity contribution in [3.63, 3.8) is 0 Å². The Balaban J connectivity index is 1.60. The molecule has 0 bridgehead atoms. The lowest BCUT2D eigenvalue weighted by atomic mass is 9.99. The van der Waals surface area contributed by atoms with Crippen molar-refractivity contribution >= 4 is 5.96 Å². The summed E-state index contributed by atoms with van der Waals surface area (Å²) in [4.78, 5) is 11.2. The molecule has 1 aromatic carbocycles. The topological polar surface area (TPSA) is 45.5 Å². The summed E-state index contributed by atoms with van der Waals surface area (Å²) in [5.41, 5.74) is 1.43. The van der Waals surface area contributed by atoms with Crippen LogP contribution >= 0.6 is 0 Å². The van der Waals surface area contributed by atoms with Gasteiger partial charge in [-0.05, 0) is 18.9 Å². The molecule has 5 heteroatoms. The first-order valence-corrected chi connectivity index (χ1v) is 8.40. The third kappa shape index (κ3) is 4.12. The molecule has 0 saturated carbocycles. The number of aliphatic imine (C=N–C) groups is 1. The van der Waals surface area contributed by atoms with Crippen molar-refractivity contribution in [2.45, 2.75) is 25.8 Å². The molecule has 1 N–H and O–H groups in total. The molecule has 3 rings (SSSR count). The third-order valence-corrected chi connectivity index (χ3v) is 4.27. The average Bonchev–Trinajstić information content (AvgIpc) is 3.27. The number of hydrogen-bond donors (Lipinski definition) is 1. The first-order chi connectivity index (χ1) is 11.4. The zero-order chi connectivity index (χ0) is 15.9. The van der Waals surface area contributed by atoms with Crippen LogP contribution in [0.1, 0.15) is 24.8 Å². The van der Waals surface area contributed by atoms with Crippen LogP contribution in [0.2, 0.25) is 0 Å². The predicted octanol–water partition coefficient (Wildman–Crippen LogP) is 2.34. The molecule has 1 unspecified atom stereocenters. The molecule has 1 fully saturated rings. The van der Waals surface area contributed by atoms with E-state index in [4.69, 9.17) is 4.99 Å². The van der Waals surface area contributed by atoms with Gasteiger partial charge in [-0.2, -0.15) is 0 Å². The molecule has 1 aromatic heterocycles. The number of guanidine groups is 1. The fourth-order valence-electron chi connectivity index (χ4n) is 3.07. The molecule has 0 radical (unpaired) electrons. The van der Waals surface area contributed by atoms with Gasteiger partial charge in [-0.25, -0.2) is 4.98 Å². The summed E-state index contributed by atoms with van der Waals surface area (Å²) in [6.45, 7) is 6.76. The second kappa shape index (κ2) is 7.81. The molecule has 0 spiro atoms. The highest BCUT2D eigenvalue weighted by molar-refractivity contribution is 5.80. The molecule has 1 atom stereocenters. The number of nitrogens with zero attached hydrogens (tertiary/aromatic N) is 4. The van der Waals surface area contributed by atoms with Crippen molar-refractivity contribution in [2.75, 3.05) is 26.2 Å². The molecule has 1 aliphatic heterocycles. The zero-order valence-electron chi connectivity index (χ0n) is 13.7. The minimum Gasteiger partial charge on any atom is -0.357 e. The number of hydrogen-bond acceptors (Lipinski definition) is 2. The zero-order valence-corrected chi connectivity index (χ0v) is 13.7. The number of aromatic nitrogens is 2. The maximum absolute atomic E-state index is 4.78. The minimum absolute atomic E-state index is 0.605. The Hall–Kier alpha value is -2.30. The summed E-state index contributed by atoms with van der Waals surface area (Å²) < 4.78 is 2.06. The number of imidazole rings is 1. The van der Waals surface area contributed by atoms with Crippen LogP contribution in [0.5, 0.6) is 0 Å². The lowest BCUT2D eigenvalue weighted by Gasteiger charge is -2.21. The molecule has 0 amide bonds. The quantitative estimate of drug-likeness (QED) is 0.681. The Morgan fingerprint density at radius 3 is 2.96 bits per heavy atom. The monoisotopic (exact) mass is 311 g/mol. The van der Waals surface area contributed by atoms with Crippen molar-refractivity contribution in [3.8, 4) is 0 Å². The Bertz CT molecular complexity index is 606. The molecule has 1 aliphatic rings. The molecule has 2 heterocycles. The number of likely N-dealkylation sites (tertiary alicyclic amines) is 1. The third-order valence-electron chi connectivity index (χ3n) is 4.27. The molecular formula is C18H25N5. The van der Waals surface area contributed by atoms with Gasteiger partial charge < -0.3 is 14.8 Å². The van der Waals surface area contributed by atoms with Crippen LogP contribution in [0.15, 0.2) is 54.0 Å². The van der Waals surface area contributed by atoms with Crippen LogP contribution in [0.25, 0.3) is 0 Å². The van der Waals surface area contributed by atoms with Gasteiger partial charge in [0.15, 0.2) is 5.96 Å². The van der Waals surface area contributed by atoms with Crippen LogP contribution in [0, 0.1) is 0 Å². The maximum Gasteiger partial charge on any atom is 0.193 e. The van der Waals surface area contributed by atoms with Gasteiger partial charge in [0.05, 0.1) is 12.9 Å². The lowest BCUT2D eigenvalue weighted by molar-refractivity contribution is 0.485. The van der Waals surface area contributed by atoms with Crippen LogP contribution in [0.3, 0.4) is 0 Å². The summed E-state index contributed by atoms with van der Waals surface area (Å²) in [7, 11) is 0. The van der Waals surface area contributed by atoms with E-state index >= 15 is 0 Å². The first kappa shape index (κ1) is 15.6. The van der Waals surface area contributed by atoms with Crippen LogP contribution in [-0.4, -0.2) is 46.6 Å². The maximum atomic E-state index is 4.78. The van der Waals surface area contributed by atoms with Crippen LogP contribution in [-0.2, 0) is 6.54 Å². The van der Waals surface area contributed by atoms with Gasteiger partial charge in [0.1, 0.15) is 0 Å². The predicted molar refractivity (Wildman–Crippen MR) is 93.6 cm³/mol. The van der Waals surface area contributed by atoms with E-state index in [2.05, 4.69) is 57.0 Å². The highest BCUT2D eigenvalue weighted by Gasteiger charge is 2.25. The molecular weight excluding hydrogens is 286 g/mol. The van der Waals surface area contributed by atoms with Gasteiger partial charge >= 0.3 is 0 Å². The molecule has 23 heavy (non-hydrogen) atoms. The van der Waals surface area contributed by atoms with E-state index in [1.165, 1.54) is 12.0 Å². The number of nitrogens with one attached hydrogen (secondary N) is 1. The minimum atomic E-state index is 0.605. The number of rotatable bonds is 5. The van der Waals surface area contributed by atoms with Gasteiger partial charge in [0.25, 0.3) is 0 Å². The van der Waals surface area contributed by atoms with E-state index in [0.717, 1.165) is 38.7 Å². The fourth-order valence-corrected chi connectivity index (χ4v) is 3.07. The summed E-state index contributed by atoms with van der Waals surface area (Å²) in [5.74, 6) is 1.64. The van der Waals surface area contributed by atoms with Crippen molar-refractivity contribution in [3.05, 3.63) is 54.6 Å². The molecule has 0 aliphatic carbocycles. The molecule has 2 aromatic rings. The Morgan fingerprint density at radius 2 is 2.22 bits per heavy atom. The van der Waals surface area contributed by atoms with E-state index in [-0.39, 0.29) is 0 Å². The molecule has 122 valence electrons. The highest BCUT2D eigenvalue weighted by Crippen LogP contribution is 2.26. The standard InChI is InChI=1S/C18H25N5/c1-2-20-18(21-10-13-22-12-9-19-15-22)23-11-8-17(14-23)16-6-4-3-5-7-16/h3-7,9,12,15,17H,2,8,10-11,13-14H2,1H3,(H,20,21). The normalized spacial score (nSPS) is 18.4. The summed E-state index contributed by atoms with van der Waals surface area (Å²) in [6.07, 6.45) is 6.81. The van der Waals surface area contributed by atoms with Gasteiger partial charge in [-0.1, -0.05) is 30.3 Å². The molecule has 5 nitrogen and oxygen atoms in total. The SMILES string of the molecule is CCNC(=NCCn1ccnc1)N1CCC(c2ccccc2)C1. The summed E-state index contributed by atoms with van der Waals surface area (Å²) in [5, 5.41) is 3.43. The summed E-state index contributed by atoms with van der Waals surface area (Å²) in [6, 6.07) is 10.8. The van der Waals surface area contributed by atoms with E-state index in [1.807, 2.05) is 12.5 Å². The Kier molecular flexibility index (Phi) is 5.29. The lowest BCUT2D eigenvalue weighted by Crippen LogP contribution is -2.40. The Morgan fingerprint density at radius 1 is 1.35 bits per heavy atom.